The van der Waals surface area contributed by atoms with Crippen LogP contribution in [0.5, 0.6) is 11.5 Å². The molecule has 0 aliphatic heterocycles. The summed E-state index contributed by atoms with van der Waals surface area (Å²) in [7, 11) is 1.29. The van der Waals surface area contributed by atoms with E-state index in [4.69, 9.17) is 5.11 Å². The number of phenols is 2. The molecule has 0 aliphatic carbocycles. The Morgan fingerprint density at radius 3 is 2.53 bits per heavy atom. The lowest BCUT2D eigenvalue weighted by Crippen LogP contribution is -1.99. The fourth-order valence-corrected chi connectivity index (χ4v) is 1.03. The van der Waals surface area contributed by atoms with Crippen LogP contribution in [0.4, 0.5) is 0 Å². The fourth-order valence-electron chi connectivity index (χ4n) is 1.03. The summed E-state index contributed by atoms with van der Waals surface area (Å²) in [6.07, 6.45) is 0. The maximum absolute atomic E-state index is 10.6. The molecule has 3 N–H and O–H groups in total. The summed E-state index contributed by atoms with van der Waals surface area (Å²) in [5.74, 6) is -2.52. The molecule has 6 nitrogen and oxygen atoms in total. The quantitative estimate of drug-likeness (QED) is 0.391. The molecule has 0 atom stereocenters. The van der Waals surface area contributed by atoms with E-state index in [1.54, 1.807) is 0 Å². The highest BCUT2D eigenvalue weighted by atomic mass is 17.2. The lowest BCUT2D eigenvalue weighted by atomic mass is 10.1. The van der Waals surface area contributed by atoms with E-state index in [0.717, 1.165) is 0 Å². The SMILES string of the molecule is COOCc1ccc(C(=O)O)c(O)c1O. The molecule has 0 radical (unpaired) electrons. The number of phenolic OH excluding ortho intramolecular Hbond substituents is 1. The lowest BCUT2D eigenvalue weighted by molar-refractivity contribution is -0.282. The van der Waals surface area contributed by atoms with Gasteiger partial charge in [-0.2, -0.15) is 0 Å². The molecular formula is C9H10O6. The van der Waals surface area contributed by atoms with Crippen molar-refractivity contribution in [1.82, 2.24) is 0 Å². The molecule has 0 aromatic heterocycles. The van der Waals surface area contributed by atoms with E-state index in [1.165, 1.54) is 19.2 Å². The second-order valence-electron chi connectivity index (χ2n) is 2.70. The van der Waals surface area contributed by atoms with Crippen molar-refractivity contribution in [2.45, 2.75) is 6.61 Å². The molecule has 0 aliphatic rings. The molecule has 1 rings (SSSR count). The van der Waals surface area contributed by atoms with Crippen molar-refractivity contribution in [2.24, 2.45) is 0 Å². The fraction of sp³-hybridized carbons (Fsp3) is 0.222. The van der Waals surface area contributed by atoms with Crippen LogP contribution in [0.3, 0.4) is 0 Å². The molecule has 0 heterocycles. The van der Waals surface area contributed by atoms with Gasteiger partial charge >= 0.3 is 5.97 Å². The molecule has 0 amide bonds. The van der Waals surface area contributed by atoms with Crippen LogP contribution >= 0.6 is 0 Å². The number of benzene rings is 1. The van der Waals surface area contributed by atoms with Gasteiger partial charge in [0.05, 0.1) is 7.11 Å². The van der Waals surface area contributed by atoms with Gasteiger partial charge in [0.2, 0.25) is 0 Å². The predicted molar refractivity (Wildman–Crippen MR) is 48.5 cm³/mol. The van der Waals surface area contributed by atoms with Gasteiger partial charge in [-0.05, 0) is 6.07 Å². The molecule has 0 bridgehead atoms. The summed E-state index contributed by atoms with van der Waals surface area (Å²) in [5.41, 5.74) is -0.131. The van der Waals surface area contributed by atoms with E-state index in [1.807, 2.05) is 0 Å². The Morgan fingerprint density at radius 2 is 2.00 bits per heavy atom. The van der Waals surface area contributed by atoms with Crippen molar-refractivity contribution in [3.05, 3.63) is 23.3 Å². The van der Waals surface area contributed by atoms with Crippen LogP contribution < -0.4 is 0 Å². The van der Waals surface area contributed by atoms with E-state index in [-0.39, 0.29) is 17.7 Å². The number of rotatable bonds is 4. The second-order valence-corrected chi connectivity index (χ2v) is 2.70. The zero-order valence-electron chi connectivity index (χ0n) is 7.93. The Morgan fingerprint density at radius 1 is 1.33 bits per heavy atom. The van der Waals surface area contributed by atoms with Crippen molar-refractivity contribution in [3.63, 3.8) is 0 Å². The molecule has 0 saturated carbocycles. The summed E-state index contributed by atoms with van der Waals surface area (Å²) in [5, 5.41) is 27.4. The van der Waals surface area contributed by atoms with Gasteiger partial charge < -0.3 is 15.3 Å². The Hall–Kier alpha value is -1.79. The van der Waals surface area contributed by atoms with Crippen molar-refractivity contribution in [2.75, 3.05) is 7.11 Å². The number of carboxylic acids is 1. The third kappa shape index (κ3) is 2.36. The minimum atomic E-state index is -1.32. The Balaban J connectivity index is 3.04. The monoisotopic (exact) mass is 214 g/mol. The van der Waals surface area contributed by atoms with Crippen LogP contribution in [-0.2, 0) is 16.4 Å². The van der Waals surface area contributed by atoms with Crippen LogP contribution in [0.15, 0.2) is 12.1 Å². The number of carbonyl (C=O) groups is 1. The van der Waals surface area contributed by atoms with E-state index in [0.29, 0.717) is 0 Å². The molecule has 15 heavy (non-hydrogen) atoms. The summed E-state index contributed by atoms with van der Waals surface area (Å²) >= 11 is 0. The van der Waals surface area contributed by atoms with Crippen LogP contribution in [0, 0.1) is 0 Å². The van der Waals surface area contributed by atoms with Crippen LogP contribution in [-0.4, -0.2) is 28.4 Å². The minimum absolute atomic E-state index is 0.0875. The first kappa shape index (κ1) is 11.3. The van der Waals surface area contributed by atoms with E-state index in [9.17, 15) is 15.0 Å². The average molecular weight is 214 g/mol. The van der Waals surface area contributed by atoms with Crippen molar-refractivity contribution in [1.29, 1.82) is 0 Å². The van der Waals surface area contributed by atoms with Gasteiger partial charge in [0, 0.05) is 5.56 Å². The summed E-state index contributed by atoms with van der Waals surface area (Å²) in [4.78, 5) is 19.4. The van der Waals surface area contributed by atoms with E-state index in [2.05, 4.69) is 9.78 Å². The third-order valence-corrected chi connectivity index (χ3v) is 1.80. The molecule has 82 valence electrons. The molecule has 6 heteroatoms. The van der Waals surface area contributed by atoms with Crippen molar-refractivity contribution in [3.8, 4) is 11.5 Å². The van der Waals surface area contributed by atoms with Gasteiger partial charge in [-0.3, -0.25) is 0 Å². The maximum Gasteiger partial charge on any atom is 0.339 e. The molecule has 0 saturated heterocycles. The number of carboxylic acid groups (broad SMARTS) is 1. The van der Waals surface area contributed by atoms with E-state index < -0.39 is 17.5 Å². The van der Waals surface area contributed by atoms with Crippen LogP contribution in [0.1, 0.15) is 15.9 Å². The lowest BCUT2D eigenvalue weighted by Gasteiger charge is -2.07. The van der Waals surface area contributed by atoms with Crippen molar-refractivity contribution >= 4 is 5.97 Å². The third-order valence-electron chi connectivity index (χ3n) is 1.80. The average Bonchev–Trinajstić information content (AvgIpc) is 2.20. The first-order chi connectivity index (χ1) is 7.07. The molecule has 0 unspecified atom stereocenters. The molecule has 0 spiro atoms. The van der Waals surface area contributed by atoms with Gasteiger partial charge in [0.1, 0.15) is 12.2 Å². The highest BCUT2D eigenvalue weighted by Crippen LogP contribution is 2.32. The number of aromatic carboxylic acids is 1. The summed E-state index contributed by atoms with van der Waals surface area (Å²) in [6.45, 7) is -0.0875. The topological polar surface area (TPSA) is 96.2 Å². The zero-order valence-corrected chi connectivity index (χ0v) is 7.93. The highest BCUT2D eigenvalue weighted by Gasteiger charge is 2.16. The Bertz CT molecular complexity index is 373. The zero-order chi connectivity index (χ0) is 11.4. The van der Waals surface area contributed by atoms with Crippen LogP contribution in [0.2, 0.25) is 0 Å². The van der Waals surface area contributed by atoms with Gasteiger partial charge in [-0.25, -0.2) is 14.6 Å². The summed E-state index contributed by atoms with van der Waals surface area (Å²) < 4.78 is 0. The number of hydrogen-bond acceptors (Lipinski definition) is 5. The summed E-state index contributed by atoms with van der Waals surface area (Å²) in [6, 6.07) is 2.50. The van der Waals surface area contributed by atoms with Crippen molar-refractivity contribution < 1.29 is 29.9 Å². The standard InChI is InChI=1S/C9H10O6/c1-14-15-4-5-2-3-6(9(12)13)8(11)7(5)10/h2-3,10-11H,4H2,1H3,(H,12,13). The molecule has 1 aromatic rings. The molecular weight excluding hydrogens is 204 g/mol. The number of aromatic hydroxyl groups is 2. The Labute approximate surface area is 85.2 Å². The smallest absolute Gasteiger partial charge is 0.339 e. The van der Waals surface area contributed by atoms with Crippen LogP contribution in [0.25, 0.3) is 0 Å². The van der Waals surface area contributed by atoms with Gasteiger partial charge in [-0.1, -0.05) is 6.07 Å². The van der Waals surface area contributed by atoms with Gasteiger partial charge in [0.25, 0.3) is 0 Å². The maximum atomic E-state index is 10.6. The minimum Gasteiger partial charge on any atom is -0.504 e. The highest BCUT2D eigenvalue weighted by molar-refractivity contribution is 5.92. The predicted octanol–water partition coefficient (Wildman–Crippen LogP) is 0.874. The molecule has 1 aromatic carbocycles. The van der Waals surface area contributed by atoms with E-state index >= 15 is 0 Å². The van der Waals surface area contributed by atoms with Gasteiger partial charge in [0.15, 0.2) is 11.5 Å². The second kappa shape index (κ2) is 4.63. The Kier molecular flexibility index (Phi) is 3.48. The number of hydrogen-bond donors (Lipinski definition) is 3. The molecule has 0 fully saturated rings. The largest absolute Gasteiger partial charge is 0.504 e. The van der Waals surface area contributed by atoms with Gasteiger partial charge in [-0.15, -0.1) is 0 Å². The first-order valence-corrected chi connectivity index (χ1v) is 4.00. The normalized spacial score (nSPS) is 10.2. The first-order valence-electron chi connectivity index (χ1n) is 4.00.